The van der Waals surface area contributed by atoms with E-state index in [1.807, 2.05) is 18.2 Å². The molecule has 1 amide bonds. The van der Waals surface area contributed by atoms with Crippen LogP contribution in [0.1, 0.15) is 40.6 Å². The van der Waals surface area contributed by atoms with Gasteiger partial charge in [-0.3, -0.25) is 10.2 Å². The van der Waals surface area contributed by atoms with Gasteiger partial charge in [-0.05, 0) is 78.9 Å². The largest absolute Gasteiger partial charge is 0.505 e. The lowest BCUT2D eigenvalue weighted by Gasteiger charge is -2.17. The van der Waals surface area contributed by atoms with Crippen molar-refractivity contribution in [1.29, 1.82) is 5.41 Å². The Balaban J connectivity index is 1.54. The molecule has 0 bridgehead atoms. The van der Waals surface area contributed by atoms with E-state index < -0.39 is 11.9 Å². The van der Waals surface area contributed by atoms with Crippen molar-refractivity contribution in [2.24, 2.45) is 5.10 Å². The first-order valence-corrected chi connectivity index (χ1v) is 11.7. The lowest BCUT2D eigenvalue weighted by Crippen LogP contribution is -2.29. The molecular formula is C25H24N4O4S. The summed E-state index contributed by atoms with van der Waals surface area (Å²) in [5, 5.41) is 36.4. The molecule has 8 nitrogen and oxygen atoms in total. The van der Waals surface area contributed by atoms with Gasteiger partial charge in [0.2, 0.25) is 0 Å². The van der Waals surface area contributed by atoms with E-state index in [1.54, 1.807) is 23.6 Å². The maximum atomic E-state index is 12.8. The second-order valence-electron chi connectivity index (χ2n) is 8.05. The third-order valence-electron chi connectivity index (χ3n) is 5.62. The Morgan fingerprint density at radius 1 is 1.09 bits per heavy atom. The van der Waals surface area contributed by atoms with E-state index in [9.17, 15) is 14.7 Å². The number of hydrogen-bond donors (Lipinski definition) is 5. The van der Waals surface area contributed by atoms with E-state index in [0.29, 0.717) is 16.8 Å². The third-order valence-corrected chi connectivity index (χ3v) is 6.54. The van der Waals surface area contributed by atoms with Gasteiger partial charge < -0.3 is 20.9 Å². The zero-order valence-electron chi connectivity index (χ0n) is 18.5. The van der Waals surface area contributed by atoms with Crippen LogP contribution < -0.4 is 10.7 Å². The monoisotopic (exact) mass is 476 g/mol. The van der Waals surface area contributed by atoms with Crippen LogP contribution in [-0.2, 0) is 17.6 Å². The topological polar surface area (TPSA) is 135 Å². The Bertz CT molecular complexity index is 1310. The fourth-order valence-electron chi connectivity index (χ4n) is 3.88. The summed E-state index contributed by atoms with van der Waals surface area (Å²) in [6.45, 7) is 1.46. The summed E-state index contributed by atoms with van der Waals surface area (Å²) < 4.78 is 0. The van der Waals surface area contributed by atoms with E-state index in [0.717, 1.165) is 30.6 Å². The molecule has 5 N–H and O–H groups in total. The first-order chi connectivity index (χ1) is 16.3. The lowest BCUT2D eigenvalue weighted by atomic mass is 9.91. The minimum atomic E-state index is -1.04. The Morgan fingerprint density at radius 3 is 2.56 bits per heavy atom. The second kappa shape index (κ2) is 9.88. The molecule has 2 aromatic carbocycles. The molecular weight excluding hydrogens is 452 g/mol. The smallest absolute Gasteiger partial charge is 0.345 e. The van der Waals surface area contributed by atoms with Gasteiger partial charge in [-0.2, -0.15) is 5.10 Å². The number of anilines is 2. The number of amides is 1. The molecule has 0 unspecified atom stereocenters. The van der Waals surface area contributed by atoms with Crippen molar-refractivity contribution in [3.63, 3.8) is 0 Å². The normalized spacial score (nSPS) is 13.1. The van der Waals surface area contributed by atoms with E-state index in [2.05, 4.69) is 15.8 Å². The van der Waals surface area contributed by atoms with Gasteiger partial charge in [0, 0.05) is 11.3 Å². The number of aromatic hydroxyl groups is 1. The van der Waals surface area contributed by atoms with Crippen molar-refractivity contribution in [2.45, 2.75) is 32.6 Å². The van der Waals surface area contributed by atoms with Gasteiger partial charge in [0.25, 0.3) is 5.91 Å². The Morgan fingerprint density at radius 2 is 1.85 bits per heavy atom. The molecule has 1 heterocycles. The molecule has 1 aliphatic carbocycles. The standard InChI is InChI=1S/C25H24N4O4S/c1-14(26)22(24(31)27-18-10-9-15-5-2-3-6-16(15)11-18)29-28-20-8-4-7-19(23(20)30)17-12-21(25(32)33)34-13-17/h4,7-13,26,28,30H,2-3,5-6H2,1H3,(H,27,31)(H,32,33)/b26-14?,29-22-. The molecule has 0 saturated heterocycles. The molecule has 0 fully saturated rings. The number of phenols is 1. The van der Waals surface area contributed by atoms with Crippen molar-refractivity contribution in [2.75, 3.05) is 10.7 Å². The summed E-state index contributed by atoms with van der Waals surface area (Å²) in [4.78, 5) is 24.2. The number of aryl methyl sites for hydroxylation is 2. The Kier molecular flexibility index (Phi) is 6.74. The zero-order valence-corrected chi connectivity index (χ0v) is 19.3. The van der Waals surface area contributed by atoms with Crippen LogP contribution in [0, 0.1) is 5.41 Å². The quantitative estimate of drug-likeness (QED) is 0.183. The number of hydrogen-bond acceptors (Lipinski definition) is 7. The summed E-state index contributed by atoms with van der Waals surface area (Å²) in [7, 11) is 0. The Labute approximate surface area is 200 Å². The first kappa shape index (κ1) is 23.2. The Hall–Kier alpha value is -3.98. The third kappa shape index (κ3) is 4.99. The number of fused-ring (bicyclic) bond motifs is 1. The van der Waals surface area contributed by atoms with Crippen LogP contribution in [-0.4, -0.2) is 33.5 Å². The fraction of sp³-hybridized carbons (Fsp3) is 0.200. The molecule has 3 aromatic rings. The summed E-state index contributed by atoms with van der Waals surface area (Å²) >= 11 is 1.06. The highest BCUT2D eigenvalue weighted by Crippen LogP contribution is 2.37. The predicted molar refractivity (Wildman–Crippen MR) is 135 cm³/mol. The average Bonchev–Trinajstić information content (AvgIpc) is 3.30. The number of carboxylic acids is 1. The molecule has 0 aliphatic heterocycles. The van der Waals surface area contributed by atoms with Crippen molar-refractivity contribution < 1.29 is 19.8 Å². The summed E-state index contributed by atoms with van der Waals surface area (Å²) in [6, 6.07) is 12.2. The van der Waals surface area contributed by atoms with E-state index >= 15 is 0 Å². The van der Waals surface area contributed by atoms with Crippen LogP contribution in [0.3, 0.4) is 0 Å². The summed E-state index contributed by atoms with van der Waals surface area (Å²) in [5.41, 5.74) is 6.91. The van der Waals surface area contributed by atoms with E-state index in [-0.39, 0.29) is 27.7 Å². The number of carbonyl (C=O) groups excluding carboxylic acids is 1. The summed E-state index contributed by atoms with van der Waals surface area (Å²) in [5.74, 6) is -1.71. The maximum Gasteiger partial charge on any atom is 0.345 e. The average molecular weight is 477 g/mol. The molecule has 0 atom stereocenters. The number of aromatic carboxylic acids is 1. The summed E-state index contributed by atoms with van der Waals surface area (Å²) in [6.07, 6.45) is 4.34. The molecule has 1 aliphatic rings. The van der Waals surface area contributed by atoms with Gasteiger partial charge in [0.1, 0.15) is 10.6 Å². The highest BCUT2D eigenvalue weighted by molar-refractivity contribution is 7.12. The van der Waals surface area contributed by atoms with Crippen molar-refractivity contribution in [3.8, 4) is 16.9 Å². The molecule has 174 valence electrons. The van der Waals surface area contributed by atoms with Gasteiger partial charge in [0.05, 0.1) is 11.4 Å². The van der Waals surface area contributed by atoms with Crippen molar-refractivity contribution in [1.82, 2.24) is 0 Å². The van der Waals surface area contributed by atoms with Gasteiger partial charge in [0.15, 0.2) is 5.71 Å². The second-order valence-corrected chi connectivity index (χ2v) is 8.96. The van der Waals surface area contributed by atoms with Crippen LogP contribution >= 0.6 is 11.3 Å². The van der Waals surface area contributed by atoms with Crippen molar-refractivity contribution >= 4 is 46.0 Å². The van der Waals surface area contributed by atoms with Crippen LogP contribution in [0.15, 0.2) is 52.9 Å². The number of benzene rings is 2. The lowest BCUT2D eigenvalue weighted by molar-refractivity contribution is -0.110. The molecule has 1 aromatic heterocycles. The number of carbonyl (C=O) groups is 2. The SMILES string of the molecule is CC(=N)/C(=N/Nc1cccc(-c2csc(C(=O)O)c2)c1O)C(=O)Nc1ccc2c(c1)CCCC2. The first-order valence-electron chi connectivity index (χ1n) is 10.8. The van der Waals surface area contributed by atoms with Gasteiger partial charge >= 0.3 is 5.97 Å². The molecule has 0 radical (unpaired) electrons. The number of phenolic OH excluding ortho intramolecular Hbond substituents is 1. The predicted octanol–water partition coefficient (Wildman–Crippen LogP) is 5.14. The van der Waals surface area contributed by atoms with Gasteiger partial charge in [-0.25, -0.2) is 4.79 Å². The molecule has 4 rings (SSSR count). The van der Waals surface area contributed by atoms with Gasteiger partial charge in [-0.1, -0.05) is 18.2 Å². The van der Waals surface area contributed by atoms with Crippen LogP contribution in [0.25, 0.3) is 11.1 Å². The fourth-order valence-corrected chi connectivity index (χ4v) is 4.62. The minimum Gasteiger partial charge on any atom is -0.505 e. The molecule has 34 heavy (non-hydrogen) atoms. The number of nitrogens with zero attached hydrogens (tertiary/aromatic N) is 1. The highest BCUT2D eigenvalue weighted by atomic mass is 32.1. The van der Waals surface area contributed by atoms with Crippen LogP contribution in [0.2, 0.25) is 0 Å². The zero-order chi connectivity index (χ0) is 24.2. The highest BCUT2D eigenvalue weighted by Gasteiger charge is 2.18. The molecule has 0 saturated carbocycles. The number of para-hydroxylation sites is 1. The number of thiophene rings is 1. The number of rotatable bonds is 7. The maximum absolute atomic E-state index is 12.8. The number of nitrogens with one attached hydrogen (secondary N) is 3. The number of hydrazone groups is 1. The van der Waals surface area contributed by atoms with E-state index in [1.165, 1.54) is 30.5 Å². The van der Waals surface area contributed by atoms with Gasteiger partial charge in [-0.15, -0.1) is 11.3 Å². The van der Waals surface area contributed by atoms with Crippen molar-refractivity contribution in [3.05, 3.63) is 63.8 Å². The van der Waals surface area contributed by atoms with Crippen LogP contribution in [0.4, 0.5) is 11.4 Å². The minimum absolute atomic E-state index is 0.0393. The van der Waals surface area contributed by atoms with E-state index in [4.69, 9.17) is 10.5 Å². The molecule has 9 heteroatoms. The molecule has 0 spiro atoms. The number of carboxylic acid groups (broad SMARTS) is 1. The van der Waals surface area contributed by atoms with Crippen LogP contribution in [0.5, 0.6) is 5.75 Å².